The molecule has 16 rings (SSSR count). The maximum absolute atomic E-state index is 13.2. The van der Waals surface area contributed by atoms with Crippen LogP contribution in [0.25, 0.3) is 54.5 Å². The summed E-state index contributed by atoms with van der Waals surface area (Å²) >= 11 is 6.38. The molecule has 14 aromatic rings. The average molecular weight is 1950 g/mol. The Morgan fingerprint density at radius 1 is 0.400 bits per heavy atom. The van der Waals surface area contributed by atoms with E-state index in [-0.39, 0.29) is 139 Å². The summed E-state index contributed by atoms with van der Waals surface area (Å²) in [5, 5.41) is 10.9. The number of hydrogen-bond donors (Lipinski definition) is 4. The molecular weight excluding hydrogens is 1870 g/mol. The molecule has 0 aliphatic carbocycles. The third-order valence-corrected chi connectivity index (χ3v) is 21.1. The van der Waals surface area contributed by atoms with Gasteiger partial charge in [-0.25, -0.2) is 9.97 Å². The second kappa shape index (κ2) is 44.5. The molecule has 674 valence electrons. The van der Waals surface area contributed by atoms with Crippen molar-refractivity contribution in [1.82, 2.24) is 53.3 Å². The van der Waals surface area contributed by atoms with E-state index >= 15 is 0 Å². The second-order valence-electron chi connectivity index (χ2n) is 27.9. The van der Waals surface area contributed by atoms with Crippen molar-refractivity contribution in [1.29, 1.82) is 0 Å². The number of nitrogens with one attached hydrogen (secondary N) is 3. The normalized spacial score (nSPS) is 12.1. The molecule has 0 fully saturated rings. The van der Waals surface area contributed by atoms with Crippen molar-refractivity contribution in [3.63, 3.8) is 0 Å². The number of nitrogens with zero attached hydrogens (tertiary/aromatic N) is 12. The minimum atomic E-state index is -5.08. The Bertz CT molecular complexity index is 6700. The van der Waals surface area contributed by atoms with Gasteiger partial charge in [-0.05, 0) is 158 Å². The van der Waals surface area contributed by atoms with Gasteiger partial charge in [0.15, 0.2) is 5.78 Å². The quantitative estimate of drug-likeness (QED) is 0.0161. The zero-order valence-corrected chi connectivity index (χ0v) is 72.5. The summed E-state index contributed by atoms with van der Waals surface area (Å²) in [4.78, 5) is 169. The largest absolute Gasteiger partial charge is 1.00 e. The van der Waals surface area contributed by atoms with Crippen LogP contribution in [0.5, 0.6) is 0 Å². The van der Waals surface area contributed by atoms with Gasteiger partial charge in [0.05, 0.1) is 69.1 Å². The van der Waals surface area contributed by atoms with Gasteiger partial charge in [-0.2, -0.15) is 26.3 Å². The molecule has 0 spiro atoms. The Morgan fingerprint density at radius 2 is 0.692 bits per heavy atom. The van der Waals surface area contributed by atoms with Gasteiger partial charge in [-0.15, -0.1) is 0 Å². The van der Waals surface area contributed by atoms with Gasteiger partial charge < -0.3 is 67.7 Å². The number of amides is 3. The maximum atomic E-state index is 13.2. The summed E-state index contributed by atoms with van der Waals surface area (Å²) in [6.07, 6.45) is 19.2. The molecule has 0 saturated carbocycles. The molecule has 0 atom stereocenters. The first-order valence-electron chi connectivity index (χ1n) is 37.8. The molecule has 43 heteroatoms. The number of Topliss-reactive ketones (excluding diaryl/α,β-unsaturated/α-hetero) is 1. The number of benzene rings is 8. The van der Waals surface area contributed by atoms with Gasteiger partial charge in [-0.1, -0.05) is 77.9 Å². The molecule has 6 N–H and O–H groups in total. The number of fused-ring (bicyclic) bond motifs is 4. The standard InChI is InChI=1S/C43H39N7O6.C26H20N6O2.C14H10Br2N2O4.2CF3O2S.2CH4.Li.H3N/c1-3-16-49-40(53)34-24-36-37(25-35(34)41(49)54)43(56)50(42(36)55)22-19-46-18-21-48(27-46)33-14-10-31(11-15-33)44-39(52)30-8-6-29(7-9-30)38(51)23-28-4-12-32(13-5-28)47-20-17-45(2)26-47;33-25(29-21-5-9-23(10-6-21)31-15-13-27-17-31)19-1-2-20(4-3-19)26(34)30-22-7-11-24(12-8-22)32-16-14-28-18-32;15-1-3-17-11(19)7-5-9-10(6-8(7)12(17)20)14(22)18(4-2-16)13(9)21;2*2-1(3,4)7(5)6;;;;/h4-15,17-18,20-21,24-25H,3,16,19,22-23,26-27H2,1-2H3,(H,44,52);1-18H,(H,29,33)(H,30,34);5-6H,1-4H2;;;2*1H4;;1H3/q;;;2*-1;;;+1;. The van der Waals surface area contributed by atoms with Crippen molar-refractivity contribution in [2.75, 3.05) is 63.3 Å². The molecule has 2 aliphatic heterocycles. The van der Waals surface area contributed by atoms with E-state index in [2.05, 4.69) is 67.6 Å². The van der Waals surface area contributed by atoms with Gasteiger partial charge in [-0.3, -0.25) is 75.8 Å². The van der Waals surface area contributed by atoms with Crippen molar-refractivity contribution in [2.24, 2.45) is 0 Å². The van der Waals surface area contributed by atoms with Crippen LogP contribution in [-0.4, -0.2) is 119 Å². The van der Waals surface area contributed by atoms with Crippen molar-refractivity contribution >= 4 is 148 Å². The summed E-state index contributed by atoms with van der Waals surface area (Å²) < 4.78 is 107. The van der Waals surface area contributed by atoms with Gasteiger partial charge in [0, 0.05) is 190 Å². The summed E-state index contributed by atoms with van der Waals surface area (Å²) in [6.45, 7) is 4.40. The Morgan fingerprint density at radius 3 is 0.985 bits per heavy atom. The topological polar surface area (TPSA) is 413 Å². The fourth-order valence-corrected chi connectivity index (χ4v) is 14.0. The van der Waals surface area contributed by atoms with Crippen molar-refractivity contribution < 1.29 is 81.2 Å². The predicted octanol–water partition coefficient (Wildman–Crippen LogP) is 9.77. The fraction of sp³-hybridized carbons (Fsp3) is 0.195. The van der Waals surface area contributed by atoms with Crippen LogP contribution in [0.3, 0.4) is 0 Å². The van der Waals surface area contributed by atoms with Crippen LogP contribution >= 0.6 is 31.9 Å². The molecular formula is C87H80Br2F6LiN16O16S2-. The first-order chi connectivity index (χ1) is 60.1. The number of rotatable bonds is 22. The molecule has 130 heavy (non-hydrogen) atoms. The van der Waals surface area contributed by atoms with E-state index in [4.69, 9.17) is 16.8 Å². The van der Waals surface area contributed by atoms with Crippen molar-refractivity contribution in [3.05, 3.63) is 343 Å². The van der Waals surface area contributed by atoms with Crippen LogP contribution in [0.2, 0.25) is 0 Å². The van der Waals surface area contributed by atoms with Gasteiger partial charge >= 0.3 is 29.9 Å². The van der Waals surface area contributed by atoms with Crippen LogP contribution < -0.4 is 95.2 Å². The number of alkyl halides is 8. The van der Waals surface area contributed by atoms with Crippen LogP contribution in [0, 0.1) is 0 Å². The summed E-state index contributed by atoms with van der Waals surface area (Å²) in [7, 11) is -5.85. The Kier molecular flexibility index (Phi) is 34.9. The van der Waals surface area contributed by atoms with E-state index in [1.165, 1.54) is 24.3 Å². The predicted molar refractivity (Wildman–Crippen MR) is 488 cm³/mol. The van der Waals surface area contributed by atoms with E-state index in [1.54, 1.807) is 85.7 Å². The zero-order valence-electron chi connectivity index (χ0n) is 67.7. The first kappa shape index (κ1) is 102. The Labute approximate surface area is 766 Å². The molecule has 32 nitrogen and oxygen atoms in total. The first-order valence-corrected chi connectivity index (χ1v) is 42.1. The van der Waals surface area contributed by atoms with Gasteiger partial charge in [0.2, 0.25) is 0 Å². The van der Waals surface area contributed by atoms with E-state index < -0.39 is 76.9 Å². The fourth-order valence-electron chi connectivity index (χ4n) is 13.3. The smallest absolute Gasteiger partial charge is 0.416 e. The van der Waals surface area contributed by atoms with Crippen molar-refractivity contribution in [3.8, 4) is 11.4 Å². The van der Waals surface area contributed by atoms with Gasteiger partial charge in [0.1, 0.15) is 0 Å². The average Bonchev–Trinajstić information content (AvgIpc) is 1.59. The maximum Gasteiger partial charge on any atom is 1.00 e. The number of ketones is 1. The van der Waals surface area contributed by atoms with E-state index in [0.717, 1.165) is 53.3 Å². The number of hydrogen-bond acceptors (Lipinski definition) is 25. The Balaban J connectivity index is 0.000000239. The van der Waals surface area contributed by atoms with Crippen LogP contribution in [0.1, 0.15) is 75.2 Å². The number of imidazole rings is 2. The monoisotopic (exact) mass is 1950 g/mol. The number of carbonyl (C=O) groups is 4. The molecule has 8 heterocycles. The van der Waals surface area contributed by atoms with Gasteiger partial charge in [0.25, 0.3) is 62.2 Å². The molecule has 0 saturated heterocycles. The molecule has 6 aromatic heterocycles. The summed E-state index contributed by atoms with van der Waals surface area (Å²) in [5.41, 5.74) is -5.14. The van der Waals surface area contributed by atoms with E-state index in [1.807, 2.05) is 155 Å². The minimum absolute atomic E-state index is 0. The molecule has 0 unspecified atom stereocenters. The van der Waals surface area contributed by atoms with Crippen LogP contribution in [0.4, 0.5) is 54.8 Å². The third kappa shape index (κ3) is 23.9. The van der Waals surface area contributed by atoms with E-state index in [9.17, 15) is 83.9 Å². The molecule has 0 bridgehead atoms. The molecule has 8 aromatic carbocycles. The summed E-state index contributed by atoms with van der Waals surface area (Å²) in [5.74, 6) is -0.830. The molecule has 3 amide bonds. The SMILES string of the molecule is C.C.CCCn1c(=O)c2cc3c(=O)n(CCN4C=CN(c5ccc(NC(=O)c6ccc(C(=O)Cc7ccc(N8C=CN(C)C8)cc7)cc6)cc5)C4)c(=O)c3cc2c1=O.N.O=C(Nc1ccc(-n2ccnc2)cc1)c1ccc(C(=O)Nc2ccc(-n3ccnc3)cc2)cc1.O=[S-](=O)C(F)(F)F.O=[S-](=O)C(F)(F)F.O=c1c2cc3c(=O)n(CCBr)c(=O)c3cc2c(=O)n1CCBr.[Li+]. The van der Waals surface area contributed by atoms with Crippen molar-refractivity contribution in [2.45, 2.75) is 71.8 Å². The number of halogens is 8. The summed E-state index contributed by atoms with van der Waals surface area (Å²) in [6, 6.07) is 48.9. The number of anilines is 5. The van der Waals surface area contributed by atoms with E-state index in [0.29, 0.717) is 69.6 Å². The molecule has 2 aliphatic rings. The Hall–Kier alpha value is -13.5. The minimum Gasteiger partial charge on any atom is -0.416 e. The van der Waals surface area contributed by atoms with Crippen LogP contribution in [-0.2, 0) is 70.8 Å². The third-order valence-electron chi connectivity index (χ3n) is 19.7. The van der Waals surface area contributed by atoms with Crippen LogP contribution in [0.15, 0.2) is 270 Å². The molecule has 0 radical (unpaired) electrons. The number of carbonyl (C=O) groups excluding carboxylic acids is 4. The zero-order chi connectivity index (χ0) is 90.6. The second-order valence-corrected chi connectivity index (χ2v) is 31.4. The number of aromatic nitrogens is 8.